The number of nitrogens with zero attached hydrogens (tertiary/aromatic N) is 7. The van der Waals surface area contributed by atoms with E-state index in [1.807, 2.05) is 70.9 Å². The second kappa shape index (κ2) is 8.07. The van der Waals surface area contributed by atoms with Crippen LogP contribution in [0.1, 0.15) is 22.9 Å². The molecule has 11 heteroatoms. The number of amides is 3. The Balaban J connectivity index is 1.62. The molecule has 0 N–H and O–H groups in total. The quantitative estimate of drug-likeness (QED) is 0.464. The lowest BCUT2D eigenvalue weighted by atomic mass is 9.94. The van der Waals surface area contributed by atoms with Crippen molar-refractivity contribution < 1.29 is 9.59 Å². The van der Waals surface area contributed by atoms with Crippen LogP contribution in [0.25, 0.3) is 5.69 Å². The molecule has 3 amide bonds. The van der Waals surface area contributed by atoms with E-state index in [1.54, 1.807) is 11.9 Å². The van der Waals surface area contributed by atoms with Gasteiger partial charge in [0.1, 0.15) is 6.17 Å². The Morgan fingerprint density at radius 1 is 1.00 bits per heavy atom. The molecule has 3 aromatic rings. The molecule has 3 aliphatic heterocycles. The number of imide groups is 1. The van der Waals surface area contributed by atoms with Crippen LogP contribution < -0.4 is 0 Å². The minimum atomic E-state index is -0.628. The van der Waals surface area contributed by atoms with E-state index in [0.29, 0.717) is 16.8 Å². The number of carbonyl (C=O) groups excluding carboxylic acids is 2. The molecular formula is C25H23BrClN7O2. The molecule has 3 aliphatic rings. The van der Waals surface area contributed by atoms with Crippen LogP contribution in [0.4, 0.5) is 10.6 Å². The number of urea groups is 1. The lowest BCUT2D eigenvalue weighted by Crippen LogP contribution is -2.65. The van der Waals surface area contributed by atoms with E-state index in [1.165, 1.54) is 11.9 Å². The molecule has 4 heterocycles. The smallest absolute Gasteiger partial charge is 0.322 e. The SMILES string of the molecule is Cc1nn(-c2ccc(Cl)cc2)c2c1C(c1cccc(Br)c1)N1C(=N2)N(C)C2C1C(=O)N(C)C(=O)N2C. The molecule has 2 aromatic carbocycles. The summed E-state index contributed by atoms with van der Waals surface area (Å²) in [5, 5.41) is 5.49. The number of aromatic nitrogens is 2. The summed E-state index contributed by atoms with van der Waals surface area (Å²) in [6.45, 7) is 1.96. The number of carbonyl (C=O) groups is 2. The third-order valence-electron chi connectivity index (χ3n) is 7.17. The highest BCUT2D eigenvalue weighted by molar-refractivity contribution is 9.10. The minimum absolute atomic E-state index is 0.258. The van der Waals surface area contributed by atoms with Gasteiger partial charge in [-0.2, -0.15) is 10.1 Å². The van der Waals surface area contributed by atoms with Crippen molar-refractivity contribution in [3.8, 4) is 5.69 Å². The normalized spacial score (nSPS) is 23.1. The Labute approximate surface area is 221 Å². The number of aryl methyl sites for hydroxylation is 1. The number of rotatable bonds is 2. The van der Waals surface area contributed by atoms with Crippen LogP contribution in [0.15, 0.2) is 58.0 Å². The number of likely N-dealkylation sites (N-methyl/N-ethyl adjacent to an activating group) is 3. The van der Waals surface area contributed by atoms with Gasteiger partial charge in [0.15, 0.2) is 11.9 Å². The molecule has 1 aromatic heterocycles. The summed E-state index contributed by atoms with van der Waals surface area (Å²) in [4.78, 5) is 38.2. The van der Waals surface area contributed by atoms with Gasteiger partial charge in [0.05, 0.1) is 17.4 Å². The third-order valence-corrected chi connectivity index (χ3v) is 7.91. The molecule has 0 spiro atoms. The predicted octanol–water partition coefficient (Wildman–Crippen LogP) is 4.15. The topological polar surface area (TPSA) is 77.3 Å². The fraction of sp³-hybridized carbons (Fsp3) is 0.280. The van der Waals surface area contributed by atoms with Crippen LogP contribution in [-0.2, 0) is 4.79 Å². The van der Waals surface area contributed by atoms with E-state index in [4.69, 9.17) is 21.7 Å². The molecular weight excluding hydrogens is 546 g/mol. The summed E-state index contributed by atoms with van der Waals surface area (Å²) in [5.41, 5.74) is 3.53. The van der Waals surface area contributed by atoms with Gasteiger partial charge in [-0.25, -0.2) is 9.48 Å². The number of benzene rings is 2. The highest BCUT2D eigenvalue weighted by Crippen LogP contribution is 2.48. The largest absolute Gasteiger partial charge is 0.327 e. The van der Waals surface area contributed by atoms with Gasteiger partial charge in [0.25, 0.3) is 5.91 Å². The zero-order chi connectivity index (χ0) is 25.5. The maximum atomic E-state index is 13.6. The van der Waals surface area contributed by atoms with Gasteiger partial charge < -0.3 is 14.7 Å². The van der Waals surface area contributed by atoms with Crippen LogP contribution in [0.2, 0.25) is 5.02 Å². The first kappa shape index (κ1) is 23.1. The van der Waals surface area contributed by atoms with Gasteiger partial charge in [-0.1, -0.05) is 39.7 Å². The van der Waals surface area contributed by atoms with Crippen molar-refractivity contribution >= 4 is 51.2 Å². The third kappa shape index (κ3) is 3.13. The Morgan fingerprint density at radius 3 is 2.42 bits per heavy atom. The van der Waals surface area contributed by atoms with Crippen molar-refractivity contribution in [2.24, 2.45) is 4.99 Å². The molecule has 2 fully saturated rings. The highest BCUT2D eigenvalue weighted by atomic mass is 79.9. The fourth-order valence-corrected chi connectivity index (χ4v) is 6.05. The van der Waals surface area contributed by atoms with Gasteiger partial charge in [-0.05, 0) is 48.9 Å². The average Bonchev–Trinajstić information content (AvgIpc) is 3.35. The molecule has 0 saturated carbocycles. The number of aliphatic imine (C=N–C) groups is 1. The maximum absolute atomic E-state index is 13.6. The lowest BCUT2D eigenvalue weighted by Gasteiger charge is -2.42. The van der Waals surface area contributed by atoms with Gasteiger partial charge in [-0.3, -0.25) is 9.69 Å². The van der Waals surface area contributed by atoms with Crippen molar-refractivity contribution in [3.05, 3.63) is 74.8 Å². The Bertz CT molecular complexity index is 1450. The summed E-state index contributed by atoms with van der Waals surface area (Å²) >= 11 is 9.74. The molecule has 6 rings (SSSR count). The first-order valence-electron chi connectivity index (χ1n) is 11.4. The van der Waals surface area contributed by atoms with Crippen LogP contribution >= 0.6 is 27.5 Å². The van der Waals surface area contributed by atoms with Gasteiger partial charge >= 0.3 is 6.03 Å². The van der Waals surface area contributed by atoms with E-state index in [-0.39, 0.29) is 18.0 Å². The van der Waals surface area contributed by atoms with Gasteiger partial charge in [-0.15, -0.1) is 0 Å². The predicted molar refractivity (Wildman–Crippen MR) is 139 cm³/mol. The monoisotopic (exact) mass is 567 g/mol. The molecule has 3 atom stereocenters. The second-order valence-electron chi connectivity index (χ2n) is 9.25. The van der Waals surface area contributed by atoms with Crippen LogP contribution in [0, 0.1) is 6.92 Å². The number of hydrogen-bond acceptors (Lipinski definition) is 6. The van der Waals surface area contributed by atoms with Crippen molar-refractivity contribution in [2.45, 2.75) is 25.2 Å². The number of hydrogen-bond donors (Lipinski definition) is 0. The second-order valence-corrected chi connectivity index (χ2v) is 10.6. The summed E-state index contributed by atoms with van der Waals surface area (Å²) in [6.07, 6.45) is -0.490. The van der Waals surface area contributed by atoms with Gasteiger partial charge in [0.2, 0.25) is 5.96 Å². The summed E-state index contributed by atoms with van der Waals surface area (Å²) in [6, 6.07) is 14.2. The van der Waals surface area contributed by atoms with Crippen molar-refractivity contribution in [1.29, 1.82) is 0 Å². The summed E-state index contributed by atoms with van der Waals surface area (Å²) < 4.78 is 2.74. The van der Waals surface area contributed by atoms with E-state index in [0.717, 1.165) is 27.0 Å². The summed E-state index contributed by atoms with van der Waals surface area (Å²) in [7, 11) is 5.12. The van der Waals surface area contributed by atoms with E-state index in [2.05, 4.69) is 22.0 Å². The molecule has 0 bridgehead atoms. The molecule has 184 valence electrons. The molecule has 0 aliphatic carbocycles. The summed E-state index contributed by atoms with van der Waals surface area (Å²) in [5.74, 6) is 1.04. The van der Waals surface area contributed by atoms with E-state index < -0.39 is 12.2 Å². The number of halogens is 2. The highest BCUT2D eigenvalue weighted by Gasteiger charge is 2.58. The molecule has 3 unspecified atom stereocenters. The fourth-order valence-electron chi connectivity index (χ4n) is 5.51. The van der Waals surface area contributed by atoms with Crippen LogP contribution in [0.5, 0.6) is 0 Å². The maximum Gasteiger partial charge on any atom is 0.327 e. The molecule has 2 saturated heterocycles. The van der Waals surface area contributed by atoms with Crippen LogP contribution in [-0.4, -0.2) is 80.6 Å². The van der Waals surface area contributed by atoms with Crippen molar-refractivity contribution in [3.63, 3.8) is 0 Å². The first-order valence-corrected chi connectivity index (χ1v) is 12.6. The minimum Gasteiger partial charge on any atom is -0.322 e. The number of guanidine groups is 1. The standard InChI is InChI=1S/C25H23BrClN7O2/c1-13-18-19(14-6-5-7-15(26)12-14)33-20-22(31(3)25(36)32(4)23(20)35)30(2)24(33)28-21(18)34(29-13)17-10-8-16(27)9-11-17/h5-12,19-20,22H,1-4H3. The molecule has 9 nitrogen and oxygen atoms in total. The van der Waals surface area contributed by atoms with Gasteiger partial charge in [0, 0.05) is 36.2 Å². The average molecular weight is 569 g/mol. The zero-order valence-corrected chi connectivity index (χ0v) is 22.4. The molecule has 0 radical (unpaired) electrons. The first-order chi connectivity index (χ1) is 17.2. The van der Waals surface area contributed by atoms with E-state index >= 15 is 0 Å². The zero-order valence-electron chi connectivity index (χ0n) is 20.1. The van der Waals surface area contributed by atoms with Crippen LogP contribution in [0.3, 0.4) is 0 Å². The Morgan fingerprint density at radius 2 is 1.72 bits per heavy atom. The van der Waals surface area contributed by atoms with Crippen molar-refractivity contribution in [1.82, 2.24) is 29.4 Å². The lowest BCUT2D eigenvalue weighted by molar-refractivity contribution is -0.137. The Hall–Kier alpha value is -3.37. The molecule has 36 heavy (non-hydrogen) atoms. The van der Waals surface area contributed by atoms with Crippen molar-refractivity contribution in [2.75, 3.05) is 21.1 Å². The van der Waals surface area contributed by atoms with E-state index in [9.17, 15) is 9.59 Å². The Kier molecular flexibility index (Phi) is 5.17. The number of fused-ring (bicyclic) bond motifs is 4.